The summed E-state index contributed by atoms with van der Waals surface area (Å²) in [5, 5.41) is 62.3. The standard InChI is InChI=1S/C48H73N5O7.C44H66N4O7.C5H10O/c1-32(2)22-39(29-50-16-9-10-17-50)52(28-37-14-7-8-15-42(37)59-31-44(56)51-18-20-58-21-19-51)26-35-12-11-13-36(23-35)27-53-46(45(34(4)55)43(30-54)60-53)47(57)49-41-25-38-24-40(33(41)3)48(38,5)6;1-28(2)18-35(25-46-16-9-10-17-46)47(24-33-14-7-8-15-38(33)54-27-40(51)52)22-31-12-11-13-32(19-31)23-48-42(41(30(4)50)39(26-49)55-48)43(53)45-37-21-34-20-36(29(37)3)44(34,5)6;1-2-4-6-5-3-1/h7-8,11-15,23,32-34,38-41,43,45-46,54-55H,9-10,16-22,24-31H2,1-6H3,(H,49,57);7-8,11-15,19,28-30,34-37,39,41-42,49-50H,9-10,16-18,20-27H2,1-6H3,(H,45,53)(H,51,52);1-5H2/t33-,34-,38+,39-,40-,41-,43-,45+,46-;29-,30-,34+,35-,36-,37-,39-,41+,42-;/m00./s1. The average Bonchev–Trinajstić information content (AvgIpc) is 0.879. The van der Waals surface area contributed by atoms with Crippen LogP contribution in [0.3, 0.4) is 0 Å². The molecule has 6 heterocycles. The van der Waals surface area contributed by atoms with E-state index in [4.69, 9.17) is 28.6 Å². The number of carbonyl (C=O) groups is 4. The van der Waals surface area contributed by atoms with E-state index in [0.29, 0.717) is 129 Å². The molecular weight excluding hydrogens is 1530 g/mol. The van der Waals surface area contributed by atoms with Gasteiger partial charge in [-0.05, 0) is 216 Å². The van der Waals surface area contributed by atoms with Crippen LogP contribution in [0.1, 0.15) is 200 Å². The number of amides is 3. The zero-order valence-corrected chi connectivity index (χ0v) is 75.0. The maximum Gasteiger partial charge on any atom is 0.341 e. The number of likely N-dealkylation sites (tertiary alicyclic amines) is 2. The summed E-state index contributed by atoms with van der Waals surface area (Å²) in [5.41, 5.74) is 6.82. The fourth-order valence-electron chi connectivity index (χ4n) is 22.2. The van der Waals surface area contributed by atoms with Crippen LogP contribution in [-0.4, -0.2) is 250 Å². The Morgan fingerprint density at radius 2 is 0.909 bits per heavy atom. The molecule has 4 bridgehead atoms. The van der Waals surface area contributed by atoms with Crippen LogP contribution in [0.2, 0.25) is 0 Å². The molecule has 18 atom stereocenters. The van der Waals surface area contributed by atoms with Crippen LogP contribution in [-0.2, 0) is 77.6 Å². The second-order valence-corrected chi connectivity index (χ2v) is 39.4. The first-order chi connectivity index (χ1) is 58.1. The Morgan fingerprint density at radius 1 is 0.504 bits per heavy atom. The fourth-order valence-corrected chi connectivity index (χ4v) is 22.2. The Morgan fingerprint density at radius 3 is 1.27 bits per heavy atom. The number of hydrogen-bond donors (Lipinski definition) is 7. The van der Waals surface area contributed by atoms with Gasteiger partial charge in [-0.15, -0.1) is 0 Å². The number of carboxylic acid groups (broad SMARTS) is 1. The van der Waals surface area contributed by atoms with Crippen LogP contribution in [0.15, 0.2) is 97.1 Å². The first-order valence-corrected chi connectivity index (χ1v) is 46.3. The molecule has 3 amide bonds. The number of fused-ring (bicyclic) bond motifs is 4. The van der Waals surface area contributed by atoms with E-state index in [0.717, 1.165) is 117 Å². The second-order valence-electron chi connectivity index (χ2n) is 39.4. The number of carbonyl (C=O) groups excluding carboxylic acids is 3. The molecule has 4 aromatic rings. The predicted octanol–water partition coefficient (Wildman–Crippen LogP) is 11.6. The molecular formula is C97H149N9O15. The largest absolute Gasteiger partial charge is 0.483 e. The molecule has 12 fully saturated rings. The topological polar surface area (TPSA) is 272 Å². The predicted molar refractivity (Wildman–Crippen MR) is 468 cm³/mol. The summed E-state index contributed by atoms with van der Waals surface area (Å²) in [4.78, 5) is 77.8. The van der Waals surface area contributed by atoms with Crippen molar-refractivity contribution in [3.05, 3.63) is 130 Å². The molecule has 0 unspecified atom stereocenters. The third kappa shape index (κ3) is 24.3. The van der Waals surface area contributed by atoms with Gasteiger partial charge in [-0.2, -0.15) is 10.1 Å². The number of nitrogens with one attached hydrogen (secondary N) is 2. The van der Waals surface area contributed by atoms with Gasteiger partial charge in [0, 0.05) is 113 Å². The van der Waals surface area contributed by atoms with E-state index in [1.807, 2.05) is 59.5 Å². The van der Waals surface area contributed by atoms with E-state index < -0.39 is 60.9 Å². The van der Waals surface area contributed by atoms with Crippen molar-refractivity contribution in [2.75, 3.05) is 105 Å². The minimum Gasteiger partial charge on any atom is -0.483 e. The van der Waals surface area contributed by atoms with Gasteiger partial charge in [0.05, 0.1) is 51.7 Å². The number of benzene rings is 4. The summed E-state index contributed by atoms with van der Waals surface area (Å²) in [5.74, 6) is 2.88. The molecule has 6 aliphatic carbocycles. The van der Waals surface area contributed by atoms with Gasteiger partial charge in [0.25, 0.3) is 5.91 Å². The molecule has 121 heavy (non-hydrogen) atoms. The molecule has 0 radical (unpaired) electrons. The molecule has 6 saturated heterocycles. The van der Waals surface area contributed by atoms with Crippen molar-refractivity contribution in [2.45, 2.75) is 266 Å². The Labute approximate surface area is 722 Å². The van der Waals surface area contributed by atoms with Crippen molar-refractivity contribution in [2.24, 2.45) is 70.0 Å². The third-order valence-corrected chi connectivity index (χ3v) is 29.2. The van der Waals surface area contributed by atoms with Crippen LogP contribution in [0.4, 0.5) is 0 Å². The first-order valence-electron chi connectivity index (χ1n) is 46.3. The number of morpholine rings is 1. The lowest BCUT2D eigenvalue weighted by atomic mass is 9.45. The van der Waals surface area contributed by atoms with Crippen molar-refractivity contribution in [3.63, 3.8) is 0 Å². The highest BCUT2D eigenvalue weighted by atomic mass is 16.7. The molecule has 0 spiro atoms. The number of rotatable bonds is 36. The maximum atomic E-state index is 14.3. The minimum atomic E-state index is -1.01. The summed E-state index contributed by atoms with van der Waals surface area (Å²) >= 11 is 0. The molecule has 16 rings (SSSR count). The highest BCUT2D eigenvalue weighted by Gasteiger charge is 2.59. The van der Waals surface area contributed by atoms with E-state index in [1.54, 1.807) is 24.0 Å². The number of ether oxygens (including phenoxy) is 4. The Bertz CT molecular complexity index is 3910. The van der Waals surface area contributed by atoms with E-state index in [9.17, 15) is 44.7 Å². The highest BCUT2D eigenvalue weighted by Crippen LogP contribution is 2.62. The van der Waals surface area contributed by atoms with Gasteiger partial charge in [0.2, 0.25) is 11.8 Å². The lowest BCUT2D eigenvalue weighted by Gasteiger charge is -2.62. The molecule has 24 heteroatoms. The molecule has 6 aliphatic heterocycles. The Kier molecular flexibility index (Phi) is 34.0. The molecule has 12 aliphatic rings. The van der Waals surface area contributed by atoms with E-state index in [1.165, 1.54) is 57.8 Å². The van der Waals surface area contributed by atoms with Gasteiger partial charge in [-0.25, -0.2) is 4.79 Å². The normalized spacial score (nSPS) is 28.8. The summed E-state index contributed by atoms with van der Waals surface area (Å²) in [6.45, 7) is 39.4. The lowest BCUT2D eigenvalue weighted by molar-refractivity contribution is -0.183. The quantitative estimate of drug-likeness (QED) is 0.0223. The minimum absolute atomic E-state index is 0.00814. The molecule has 672 valence electrons. The van der Waals surface area contributed by atoms with Crippen molar-refractivity contribution in [1.82, 2.24) is 45.3 Å². The summed E-state index contributed by atoms with van der Waals surface area (Å²) in [7, 11) is 0. The number of hydroxylamine groups is 4. The van der Waals surface area contributed by atoms with Crippen LogP contribution in [0, 0.1) is 70.0 Å². The number of hydrogen-bond acceptors (Lipinski definition) is 20. The number of para-hydroxylation sites is 2. The lowest BCUT2D eigenvalue weighted by Crippen LogP contribution is -2.62. The maximum absolute atomic E-state index is 14.3. The van der Waals surface area contributed by atoms with Crippen LogP contribution >= 0.6 is 0 Å². The zero-order chi connectivity index (χ0) is 86.2. The van der Waals surface area contributed by atoms with Crippen molar-refractivity contribution < 1.29 is 73.3 Å². The number of carboxylic acids is 1. The summed E-state index contributed by atoms with van der Waals surface area (Å²) in [6.07, 6.45) is 12.1. The third-order valence-electron chi connectivity index (χ3n) is 29.2. The number of nitrogens with zero attached hydrogens (tertiary/aromatic N) is 7. The molecule has 4 aromatic carbocycles. The monoisotopic (exact) mass is 1680 g/mol. The van der Waals surface area contributed by atoms with E-state index in [2.05, 4.69) is 142 Å². The van der Waals surface area contributed by atoms with Crippen molar-refractivity contribution in [3.8, 4) is 11.5 Å². The number of aliphatic hydroxyl groups excluding tert-OH is 4. The molecule has 7 N–H and O–H groups in total. The number of aliphatic hydroxyl groups is 4. The number of aliphatic carboxylic acids is 1. The SMILES string of the molecule is C1CCOCC1.CC(C)C[C@@H](CN1CCCC1)N(Cc1cccc(CN2O[C@@H](CO)[C@@H]([C@H](C)O)[C@H]2C(=O)N[C@H]2C[C@H]3C[C@@H]([C@@H]2C)C3(C)C)c1)Cc1ccccc1OCC(=O)N1CCOCC1.CC(C)C[C@@H](CN1CCCC1)N(Cc1cccc(CN2O[C@@H](CO)[C@@H]([C@H](C)O)[C@H]2C(=O)N[C@H]2C[C@H]3C[C@@H]([C@@H]2C)C3(C)C)c1)Cc1ccccc1OCC(=O)O. The smallest absolute Gasteiger partial charge is 0.341 e. The van der Waals surface area contributed by atoms with Crippen LogP contribution in [0.25, 0.3) is 0 Å². The van der Waals surface area contributed by atoms with Gasteiger partial charge >= 0.3 is 5.97 Å². The van der Waals surface area contributed by atoms with E-state index >= 15 is 0 Å². The highest BCUT2D eigenvalue weighted by molar-refractivity contribution is 5.83. The fraction of sp³-hybridized carbons (Fsp3) is 0.711. The zero-order valence-electron chi connectivity index (χ0n) is 75.0. The molecule has 6 saturated carbocycles. The second kappa shape index (κ2) is 43.8. The van der Waals surface area contributed by atoms with Crippen molar-refractivity contribution >= 4 is 23.7 Å². The molecule has 24 nitrogen and oxygen atoms in total. The molecule has 0 aromatic heterocycles. The van der Waals surface area contributed by atoms with Crippen LogP contribution < -0.4 is 20.1 Å². The Balaban J connectivity index is 0.000000207. The van der Waals surface area contributed by atoms with Gasteiger partial charge in [0.1, 0.15) is 35.8 Å². The van der Waals surface area contributed by atoms with Crippen molar-refractivity contribution in [1.29, 1.82) is 0 Å². The van der Waals surface area contributed by atoms with Gasteiger partial charge in [-0.1, -0.05) is 154 Å². The van der Waals surface area contributed by atoms with Crippen LogP contribution in [0.5, 0.6) is 11.5 Å². The van der Waals surface area contributed by atoms with Gasteiger partial charge in [0.15, 0.2) is 13.2 Å². The van der Waals surface area contributed by atoms with E-state index in [-0.39, 0.29) is 61.7 Å². The summed E-state index contributed by atoms with van der Waals surface area (Å²) < 4.78 is 22.6. The van der Waals surface area contributed by atoms with Gasteiger partial charge < -0.3 is 69.8 Å². The average molecular weight is 1680 g/mol. The summed E-state index contributed by atoms with van der Waals surface area (Å²) in [6, 6.07) is 31.9. The Hall–Kier alpha value is -6.20. The first kappa shape index (κ1) is 93.9. The van der Waals surface area contributed by atoms with Gasteiger partial charge in [-0.3, -0.25) is 33.9 Å².